The molecule has 2 heterocycles. The normalized spacial score (nSPS) is 29.2. The second-order valence-corrected chi connectivity index (χ2v) is 25.0. The second-order valence-electron chi connectivity index (χ2n) is 13.2. The van der Waals surface area contributed by atoms with Gasteiger partial charge in [0.2, 0.25) is 0 Å². The van der Waals surface area contributed by atoms with Crippen LogP contribution in [0.2, 0.25) is 0 Å². The molecule has 1 radical (unpaired) electrons. The summed E-state index contributed by atoms with van der Waals surface area (Å²) in [6.07, 6.45) is 13.2. The minimum Gasteiger partial charge on any atom is 0 e. The molecule has 4 atom stereocenters. The van der Waals surface area contributed by atoms with Gasteiger partial charge in [-0.3, -0.25) is 0 Å². The Morgan fingerprint density at radius 3 is 1.12 bits per heavy atom. The molecule has 0 spiro atoms. The van der Waals surface area contributed by atoms with E-state index in [0.29, 0.717) is 10.3 Å². The van der Waals surface area contributed by atoms with Gasteiger partial charge in [-0.25, -0.2) is 0 Å². The van der Waals surface area contributed by atoms with Crippen LogP contribution >= 0.6 is 15.8 Å². The van der Waals surface area contributed by atoms with Gasteiger partial charge in [-0.2, -0.15) is 0 Å². The Labute approximate surface area is 259 Å². The van der Waals surface area contributed by atoms with Gasteiger partial charge in [0.05, 0.1) is 0 Å². The molecule has 0 nitrogen and oxygen atoms in total. The predicted octanol–water partition coefficient (Wildman–Crippen LogP) is 11.9. The predicted molar refractivity (Wildman–Crippen MR) is 161 cm³/mol. The Morgan fingerprint density at radius 2 is 0.878 bits per heavy atom. The second kappa shape index (κ2) is 11.6. The third-order valence-electron chi connectivity index (χ3n) is 7.88. The van der Waals surface area contributed by atoms with Crippen molar-refractivity contribution in [3.05, 3.63) is 95.1 Å². The van der Waals surface area contributed by atoms with Crippen molar-refractivity contribution in [3.63, 3.8) is 0 Å². The van der Waals surface area contributed by atoms with E-state index in [9.17, 15) is 16.9 Å². The third-order valence-corrected chi connectivity index (χ3v) is 15.4. The van der Waals surface area contributed by atoms with Gasteiger partial charge in [-0.15, -0.1) is 0 Å². The largest absolute Gasteiger partial charge is 0 e. The zero-order valence-electron chi connectivity index (χ0n) is 24.3. The van der Waals surface area contributed by atoms with Crippen LogP contribution < -0.4 is 0 Å². The molecule has 41 heavy (non-hydrogen) atoms. The van der Waals surface area contributed by atoms with Crippen LogP contribution in [0.5, 0.6) is 0 Å². The van der Waals surface area contributed by atoms with E-state index in [4.69, 9.17) is 0 Å². The van der Waals surface area contributed by atoms with Crippen LogP contribution in [0.1, 0.15) is 81.5 Å². The zero-order chi connectivity index (χ0) is 29.8. The molecule has 2 aromatic rings. The van der Waals surface area contributed by atoms with Gasteiger partial charge in [-0.05, 0) is 63.1 Å². The fourth-order valence-electron chi connectivity index (χ4n) is 6.15. The maximum atomic E-state index is 9.93. The van der Waals surface area contributed by atoms with Crippen molar-refractivity contribution in [2.45, 2.75) is 81.9 Å². The molecule has 2 aromatic carbocycles. The van der Waals surface area contributed by atoms with Crippen LogP contribution in [0.15, 0.2) is 72.8 Å². The fourth-order valence-corrected chi connectivity index (χ4v) is 13.6. The van der Waals surface area contributed by atoms with Crippen LogP contribution in [0.25, 0.3) is 0 Å². The molecule has 0 N–H and O–H groups in total. The molecule has 2 bridgehead atoms. The van der Waals surface area contributed by atoms with Crippen molar-refractivity contribution in [2.24, 2.45) is 11.8 Å². The standard InChI is InChI=1S/C24H32P2.C7H8.6FH.Rh.Sb/c1-23(2,3)25-15-17-11-7-9-13-19(17)21(25)22-20-14-10-8-12-18(20)16-26(22)24(4,5)6;1-2-7-4-3-6(1)5-7;;;;;;;;/h7-14,21-22H,15-16H2,1-6H3;1-4,6-7H,5H2;6*1H;;/q;;;;;;;;;+5/p-6/t21-,22-,25-,26-;;;;;;;;;/m0........./s1. The first-order chi connectivity index (χ1) is 18.1. The maximum Gasteiger partial charge on any atom is 0 e. The molecular weight excluding hydrogens is 773 g/mol. The number of fused-ring (bicyclic) bond motifs is 4. The van der Waals surface area contributed by atoms with Gasteiger partial charge in [0.1, 0.15) is 0 Å². The Kier molecular flexibility index (Phi) is 10.0. The van der Waals surface area contributed by atoms with Gasteiger partial charge < -0.3 is 0 Å². The zero-order valence-corrected chi connectivity index (χ0v) is 30.3. The molecule has 2 aliphatic heterocycles. The number of rotatable bonds is 1. The van der Waals surface area contributed by atoms with Crippen molar-refractivity contribution in [1.29, 1.82) is 0 Å². The molecule has 0 unspecified atom stereocenters. The molecule has 6 rings (SSSR count). The third kappa shape index (κ3) is 9.90. The quantitative estimate of drug-likeness (QED) is 0.116. The Balaban J connectivity index is 0.000000252. The number of halogens is 6. The van der Waals surface area contributed by atoms with E-state index in [2.05, 4.69) is 114 Å². The van der Waals surface area contributed by atoms with E-state index in [-0.39, 0.29) is 35.3 Å². The summed E-state index contributed by atoms with van der Waals surface area (Å²) in [5.41, 5.74) is 8.07. The summed E-state index contributed by atoms with van der Waals surface area (Å²) in [7, 11) is -0.139. The number of allylic oxidation sites excluding steroid dienone is 4. The molecule has 0 saturated heterocycles. The van der Waals surface area contributed by atoms with Gasteiger partial charge in [0.25, 0.3) is 0 Å². The Hall–Kier alpha value is -0.198. The van der Waals surface area contributed by atoms with E-state index < -0.39 is 19.5 Å². The van der Waals surface area contributed by atoms with E-state index in [0.717, 1.165) is 23.2 Å². The van der Waals surface area contributed by atoms with E-state index in [1.807, 2.05) is 0 Å². The van der Waals surface area contributed by atoms with Crippen LogP contribution in [0.4, 0.5) is 16.9 Å². The fraction of sp³-hybridized carbons (Fsp3) is 0.484. The maximum absolute atomic E-state index is 11.2. The molecule has 0 amide bonds. The van der Waals surface area contributed by atoms with Gasteiger partial charge in [-0.1, -0.05) is 130 Å². The molecule has 2 aliphatic carbocycles. The summed E-state index contributed by atoms with van der Waals surface area (Å²) in [5.74, 6) is 1.62. The number of hydrogen-bond donors (Lipinski definition) is 0. The van der Waals surface area contributed by atoms with Crippen LogP contribution in [0, 0.1) is 11.8 Å². The number of benzene rings is 2. The summed E-state index contributed by atoms with van der Waals surface area (Å²) in [5, 5.41) is 0.797. The summed E-state index contributed by atoms with van der Waals surface area (Å²) in [6.45, 7) is 14.9. The molecular formula is C31H40F6P2RhSb-. The van der Waals surface area contributed by atoms with Crippen molar-refractivity contribution in [3.8, 4) is 0 Å². The first kappa shape index (κ1) is 35.3. The van der Waals surface area contributed by atoms with Gasteiger partial charge in [0, 0.05) is 30.8 Å². The van der Waals surface area contributed by atoms with Crippen molar-refractivity contribution < 1.29 is 36.4 Å². The smallest absolute Gasteiger partial charge is 0 e. The van der Waals surface area contributed by atoms with E-state index >= 15 is 0 Å². The molecule has 10 heteroatoms. The van der Waals surface area contributed by atoms with Crippen molar-refractivity contribution >= 4 is 35.3 Å². The number of hydrogen-bond acceptors (Lipinski definition) is 0. The first-order valence-electron chi connectivity index (χ1n) is 13.7. The van der Waals surface area contributed by atoms with Gasteiger partial charge >= 0.3 is 36.4 Å². The van der Waals surface area contributed by atoms with Crippen molar-refractivity contribution in [1.82, 2.24) is 0 Å². The molecule has 0 saturated carbocycles. The van der Waals surface area contributed by atoms with Gasteiger partial charge in [0.15, 0.2) is 0 Å². The first-order valence-corrected chi connectivity index (χ1v) is 22.7. The van der Waals surface area contributed by atoms with Crippen LogP contribution in [-0.4, -0.2) is 29.8 Å². The average Bonchev–Trinajstić information content (AvgIpc) is 3.57. The topological polar surface area (TPSA) is 0 Å². The summed E-state index contributed by atoms with van der Waals surface area (Å²) < 4.78 is 59.6. The Morgan fingerprint density at radius 1 is 0.585 bits per heavy atom. The minimum absolute atomic E-state index is 0. The summed E-state index contributed by atoms with van der Waals surface area (Å²) in [6, 6.07) is 18.7. The Bertz CT molecular complexity index is 1190. The average molecular weight is 813 g/mol. The molecule has 4 aliphatic rings. The summed E-state index contributed by atoms with van der Waals surface area (Å²) in [4.78, 5) is 0. The molecule has 231 valence electrons. The van der Waals surface area contributed by atoms with Crippen LogP contribution in [0.3, 0.4) is 0 Å². The molecule has 0 aromatic heterocycles. The van der Waals surface area contributed by atoms with E-state index in [1.165, 1.54) is 18.7 Å². The van der Waals surface area contributed by atoms with Crippen LogP contribution in [-0.2, 0) is 31.8 Å². The molecule has 0 fully saturated rings. The van der Waals surface area contributed by atoms with E-state index in [1.54, 1.807) is 22.3 Å². The SMILES string of the molecule is C1=CC2C=CC1C2.CC(C)(C)[P@@]1Cc2ccccc2[C@H]1[C@@H]1c2ccccc2C[P@]1C(C)(C)C.[F][Sb-]([F])([F])([F])([F])[F].[Rh]. The monoisotopic (exact) mass is 812 g/mol. The van der Waals surface area contributed by atoms with Crippen molar-refractivity contribution in [2.75, 3.05) is 0 Å². The summed E-state index contributed by atoms with van der Waals surface area (Å²) >= 11 is -11.2. The minimum atomic E-state index is -11.2.